The van der Waals surface area contributed by atoms with Gasteiger partial charge in [0.1, 0.15) is 5.75 Å². The average Bonchev–Trinajstić information content (AvgIpc) is 3.12. The van der Waals surface area contributed by atoms with Gasteiger partial charge in [0, 0.05) is 11.3 Å². The van der Waals surface area contributed by atoms with Gasteiger partial charge in [-0.15, -0.1) is 0 Å². The van der Waals surface area contributed by atoms with Crippen molar-refractivity contribution in [1.82, 2.24) is 4.57 Å². The molecule has 170 valence electrons. The second-order valence-electron chi connectivity index (χ2n) is 7.53. The fourth-order valence-corrected chi connectivity index (χ4v) is 5.01. The molecule has 8 heteroatoms. The number of thiazole rings is 1. The van der Waals surface area contributed by atoms with E-state index in [0.29, 0.717) is 37.9 Å². The van der Waals surface area contributed by atoms with Crippen LogP contribution in [-0.2, 0) is 4.79 Å². The van der Waals surface area contributed by atoms with Crippen LogP contribution in [0.4, 0.5) is 0 Å². The van der Waals surface area contributed by atoms with E-state index in [1.54, 1.807) is 45.0 Å². The normalized spacial score (nSPS) is 15.7. The fraction of sp³-hybridized carbons (Fsp3) is 0.240. The predicted octanol–water partition coefficient (Wildman–Crippen LogP) is 2.85. The van der Waals surface area contributed by atoms with E-state index in [2.05, 4.69) is 4.99 Å². The van der Waals surface area contributed by atoms with Gasteiger partial charge >= 0.3 is 0 Å². The third-order valence-electron chi connectivity index (χ3n) is 5.54. The van der Waals surface area contributed by atoms with Crippen molar-refractivity contribution in [3.05, 3.63) is 84.5 Å². The lowest BCUT2D eigenvalue weighted by molar-refractivity contribution is -0.114. The van der Waals surface area contributed by atoms with Gasteiger partial charge in [0.25, 0.3) is 5.56 Å². The fourth-order valence-electron chi connectivity index (χ4n) is 3.97. The molecule has 0 bridgehead atoms. The molecule has 0 amide bonds. The number of carbonyl (C=O) groups is 1. The van der Waals surface area contributed by atoms with Crippen LogP contribution in [0.5, 0.6) is 17.2 Å². The highest BCUT2D eigenvalue weighted by Gasteiger charge is 2.30. The summed E-state index contributed by atoms with van der Waals surface area (Å²) in [4.78, 5) is 31.3. The minimum Gasteiger partial charge on any atom is -0.497 e. The first-order valence-corrected chi connectivity index (χ1v) is 11.1. The number of nitrogens with zero attached hydrogens (tertiary/aromatic N) is 2. The summed E-state index contributed by atoms with van der Waals surface area (Å²) < 4.78 is 18.0. The minimum atomic E-state index is -0.558. The van der Waals surface area contributed by atoms with Crippen LogP contribution < -0.4 is 29.1 Å². The lowest BCUT2D eigenvalue weighted by Gasteiger charge is -2.24. The summed E-state index contributed by atoms with van der Waals surface area (Å²) in [6.07, 6.45) is 1.80. The number of hydrogen-bond acceptors (Lipinski definition) is 7. The van der Waals surface area contributed by atoms with Crippen molar-refractivity contribution in [2.75, 3.05) is 21.3 Å². The molecule has 2 heterocycles. The van der Waals surface area contributed by atoms with E-state index in [1.165, 1.54) is 18.3 Å². The van der Waals surface area contributed by atoms with Crippen molar-refractivity contribution in [3.8, 4) is 17.2 Å². The molecule has 0 fully saturated rings. The summed E-state index contributed by atoms with van der Waals surface area (Å²) in [5, 5.41) is 0. The highest BCUT2D eigenvalue weighted by atomic mass is 32.1. The molecule has 3 aromatic rings. The molecule has 2 aromatic carbocycles. The van der Waals surface area contributed by atoms with Gasteiger partial charge in [-0.25, -0.2) is 4.99 Å². The molecule has 1 aliphatic heterocycles. The van der Waals surface area contributed by atoms with Crippen molar-refractivity contribution in [2.24, 2.45) is 4.99 Å². The number of methoxy groups -OCH3 is 3. The third-order valence-corrected chi connectivity index (χ3v) is 6.52. The van der Waals surface area contributed by atoms with Crippen molar-refractivity contribution in [2.45, 2.75) is 19.9 Å². The molecule has 7 nitrogen and oxygen atoms in total. The number of allylic oxidation sites excluding steroid dienone is 2. The van der Waals surface area contributed by atoms with E-state index in [-0.39, 0.29) is 11.3 Å². The van der Waals surface area contributed by atoms with Crippen molar-refractivity contribution < 1.29 is 19.0 Å². The van der Waals surface area contributed by atoms with E-state index in [4.69, 9.17) is 14.2 Å². The van der Waals surface area contributed by atoms with Crippen molar-refractivity contribution in [1.29, 1.82) is 0 Å². The molecule has 1 atom stereocenters. The van der Waals surface area contributed by atoms with Crippen LogP contribution in [0, 0.1) is 0 Å². The number of ketones is 1. The number of fused-ring (bicyclic) bond motifs is 1. The zero-order chi connectivity index (χ0) is 23.7. The molecular formula is C25H24N2O5S. The Morgan fingerprint density at radius 2 is 1.73 bits per heavy atom. The largest absolute Gasteiger partial charge is 0.497 e. The van der Waals surface area contributed by atoms with E-state index in [0.717, 1.165) is 11.1 Å². The Morgan fingerprint density at radius 1 is 1.03 bits per heavy atom. The third kappa shape index (κ3) is 4.09. The van der Waals surface area contributed by atoms with Crippen LogP contribution in [0.1, 0.15) is 31.0 Å². The maximum atomic E-state index is 13.5. The predicted molar refractivity (Wildman–Crippen MR) is 127 cm³/mol. The number of Topliss-reactive ketones (excluding diaryl/α,β-unsaturated/α-hetero) is 1. The number of hydrogen-bond donors (Lipinski definition) is 0. The highest BCUT2D eigenvalue weighted by molar-refractivity contribution is 7.07. The van der Waals surface area contributed by atoms with Gasteiger partial charge in [0.2, 0.25) is 0 Å². The van der Waals surface area contributed by atoms with E-state index in [1.807, 2.05) is 36.4 Å². The average molecular weight is 465 g/mol. The second kappa shape index (κ2) is 9.07. The molecule has 0 saturated carbocycles. The van der Waals surface area contributed by atoms with Crippen LogP contribution in [0.15, 0.2) is 63.5 Å². The number of carbonyl (C=O) groups excluding carboxylic acids is 1. The smallest absolute Gasteiger partial charge is 0.271 e. The van der Waals surface area contributed by atoms with E-state index in [9.17, 15) is 9.59 Å². The molecule has 0 radical (unpaired) electrons. The summed E-state index contributed by atoms with van der Waals surface area (Å²) in [5.74, 6) is 1.76. The molecule has 0 aliphatic carbocycles. The highest BCUT2D eigenvalue weighted by Crippen LogP contribution is 2.31. The van der Waals surface area contributed by atoms with Crippen molar-refractivity contribution >= 4 is 23.2 Å². The summed E-state index contributed by atoms with van der Waals surface area (Å²) in [5.41, 5.74) is 2.52. The number of rotatable bonds is 6. The summed E-state index contributed by atoms with van der Waals surface area (Å²) in [7, 11) is 4.73. The van der Waals surface area contributed by atoms with Gasteiger partial charge in [0.15, 0.2) is 22.1 Å². The first kappa shape index (κ1) is 22.5. The maximum absolute atomic E-state index is 13.5. The second-order valence-corrected chi connectivity index (χ2v) is 8.53. The lowest BCUT2D eigenvalue weighted by Crippen LogP contribution is -2.39. The Hall–Kier alpha value is -3.65. The molecule has 4 rings (SSSR count). The van der Waals surface area contributed by atoms with E-state index < -0.39 is 6.04 Å². The summed E-state index contributed by atoms with van der Waals surface area (Å²) in [6.45, 7) is 3.31. The topological polar surface area (TPSA) is 79.1 Å². The van der Waals surface area contributed by atoms with Gasteiger partial charge in [-0.2, -0.15) is 0 Å². The van der Waals surface area contributed by atoms with Crippen LogP contribution >= 0.6 is 11.3 Å². The first-order chi connectivity index (χ1) is 15.9. The van der Waals surface area contributed by atoms with E-state index >= 15 is 0 Å². The van der Waals surface area contributed by atoms with Gasteiger partial charge in [-0.1, -0.05) is 29.5 Å². The molecule has 0 spiro atoms. The number of aromatic nitrogens is 1. The summed E-state index contributed by atoms with van der Waals surface area (Å²) in [6, 6.07) is 12.3. The van der Waals surface area contributed by atoms with Crippen LogP contribution in [0.25, 0.3) is 6.08 Å². The van der Waals surface area contributed by atoms with Crippen molar-refractivity contribution in [3.63, 3.8) is 0 Å². The zero-order valence-electron chi connectivity index (χ0n) is 19.0. The lowest BCUT2D eigenvalue weighted by atomic mass is 9.93. The SMILES string of the molecule is COc1ccc([C@@H]2C(C(C)=O)=C(C)N=c3s/c(=C/c4ccc(OC)c(OC)c4)c(=O)n32)cc1. The van der Waals surface area contributed by atoms with Crippen LogP contribution in [0.2, 0.25) is 0 Å². The molecule has 33 heavy (non-hydrogen) atoms. The molecular weight excluding hydrogens is 440 g/mol. The first-order valence-electron chi connectivity index (χ1n) is 10.3. The molecule has 0 unspecified atom stereocenters. The quantitative estimate of drug-likeness (QED) is 0.561. The monoisotopic (exact) mass is 464 g/mol. The van der Waals surface area contributed by atoms with Gasteiger partial charge in [-0.3, -0.25) is 14.2 Å². The van der Waals surface area contributed by atoms with Gasteiger partial charge in [-0.05, 0) is 55.3 Å². The molecule has 0 saturated heterocycles. The Labute approximate surface area is 194 Å². The molecule has 1 aliphatic rings. The zero-order valence-corrected chi connectivity index (χ0v) is 19.9. The minimum absolute atomic E-state index is 0.119. The summed E-state index contributed by atoms with van der Waals surface area (Å²) >= 11 is 1.29. The Bertz CT molecular complexity index is 1430. The molecule has 0 N–H and O–H groups in total. The van der Waals surface area contributed by atoms with Crippen LogP contribution in [-0.4, -0.2) is 31.7 Å². The van der Waals surface area contributed by atoms with Crippen LogP contribution in [0.3, 0.4) is 0 Å². The van der Waals surface area contributed by atoms with Gasteiger partial charge < -0.3 is 14.2 Å². The Balaban J connectivity index is 1.92. The van der Waals surface area contributed by atoms with Gasteiger partial charge in [0.05, 0.1) is 31.9 Å². The number of benzene rings is 2. The number of ether oxygens (including phenoxy) is 3. The Morgan fingerprint density at radius 3 is 2.33 bits per heavy atom. The molecule has 1 aromatic heterocycles. The Kier molecular flexibility index (Phi) is 6.20. The standard InChI is InChI=1S/C25H24N2O5S/c1-14-22(15(2)28)23(17-7-9-18(30-3)10-8-17)27-24(29)21(33-25(27)26-14)13-16-6-11-19(31-4)20(12-16)32-5/h6-13,23H,1-5H3/b21-13+/t23-/m1/s1. The maximum Gasteiger partial charge on any atom is 0.271 e.